The first-order valence-corrected chi connectivity index (χ1v) is 5.23. The second-order valence-corrected chi connectivity index (χ2v) is 3.69. The van der Waals surface area contributed by atoms with Crippen LogP contribution < -0.4 is 10.5 Å². The number of benzene rings is 1. The summed E-state index contributed by atoms with van der Waals surface area (Å²) < 4.78 is 28.8. The molecule has 0 saturated carbocycles. The molecular weight excluding hydrogens is 239 g/mol. The molecular formula is C12H13FN2O3. The average Bonchev–Trinajstić information content (AvgIpc) is 2.77. The number of nitrogen functional groups attached to an aromatic ring is 1. The van der Waals surface area contributed by atoms with Gasteiger partial charge < -0.3 is 19.7 Å². The second kappa shape index (κ2) is 5.05. The normalized spacial score (nSPS) is 10.6. The fourth-order valence-corrected chi connectivity index (χ4v) is 1.67. The summed E-state index contributed by atoms with van der Waals surface area (Å²) in [5, 5.41) is 3.68. The highest BCUT2D eigenvalue weighted by Crippen LogP contribution is 2.30. The highest BCUT2D eigenvalue weighted by molar-refractivity contribution is 5.64. The average molecular weight is 252 g/mol. The third kappa shape index (κ3) is 2.28. The number of rotatable bonds is 4. The van der Waals surface area contributed by atoms with Crippen molar-refractivity contribution < 1.29 is 18.4 Å². The predicted octanol–water partition coefficient (Wildman–Crippen LogP) is 2.22. The Kier molecular flexibility index (Phi) is 3.47. The third-order valence-electron chi connectivity index (χ3n) is 2.47. The van der Waals surface area contributed by atoms with Crippen LogP contribution in [0.1, 0.15) is 5.56 Å². The van der Waals surface area contributed by atoms with Gasteiger partial charge >= 0.3 is 0 Å². The lowest BCUT2D eigenvalue weighted by atomic mass is 10.1. The van der Waals surface area contributed by atoms with Crippen molar-refractivity contribution in [1.82, 2.24) is 5.16 Å². The van der Waals surface area contributed by atoms with Crippen LogP contribution in [0.25, 0.3) is 11.3 Å². The van der Waals surface area contributed by atoms with Gasteiger partial charge in [-0.2, -0.15) is 0 Å². The first kappa shape index (κ1) is 12.4. The molecule has 0 unspecified atom stereocenters. The van der Waals surface area contributed by atoms with Gasteiger partial charge in [0, 0.05) is 30.4 Å². The molecule has 96 valence electrons. The molecule has 2 N–H and O–H groups in total. The summed E-state index contributed by atoms with van der Waals surface area (Å²) in [5.41, 5.74) is 6.77. The maximum atomic E-state index is 13.9. The number of hydrogen-bond donors (Lipinski definition) is 1. The summed E-state index contributed by atoms with van der Waals surface area (Å²) in [6, 6.07) is 4.35. The van der Waals surface area contributed by atoms with Gasteiger partial charge in [0.15, 0.2) is 0 Å². The van der Waals surface area contributed by atoms with E-state index in [9.17, 15) is 4.39 Å². The topological polar surface area (TPSA) is 70.5 Å². The Morgan fingerprint density at radius 2 is 2.11 bits per heavy atom. The molecule has 0 spiro atoms. The minimum Gasteiger partial charge on any atom is -0.496 e. The molecule has 0 fully saturated rings. The number of nitrogens with two attached hydrogens (primary N) is 1. The van der Waals surface area contributed by atoms with E-state index >= 15 is 0 Å². The van der Waals surface area contributed by atoms with Crippen LogP contribution in [0.4, 0.5) is 10.3 Å². The molecule has 0 aliphatic carbocycles. The van der Waals surface area contributed by atoms with Gasteiger partial charge in [0.2, 0.25) is 5.88 Å². The number of halogens is 1. The monoisotopic (exact) mass is 252 g/mol. The fraction of sp³-hybridized carbons (Fsp3) is 0.250. The summed E-state index contributed by atoms with van der Waals surface area (Å²) in [6.07, 6.45) is 0. The summed E-state index contributed by atoms with van der Waals surface area (Å²) in [5.74, 6) is 0.100. The molecule has 0 aliphatic heterocycles. The highest BCUT2D eigenvalue weighted by Gasteiger charge is 2.14. The van der Waals surface area contributed by atoms with E-state index in [4.69, 9.17) is 19.7 Å². The van der Waals surface area contributed by atoms with E-state index < -0.39 is 5.82 Å². The lowest BCUT2D eigenvalue weighted by Crippen LogP contribution is -1.97. The smallest absolute Gasteiger partial charge is 0.222 e. The molecule has 5 nitrogen and oxygen atoms in total. The van der Waals surface area contributed by atoms with E-state index in [0.717, 1.165) is 5.56 Å². The Balaban J connectivity index is 2.50. The summed E-state index contributed by atoms with van der Waals surface area (Å²) in [7, 11) is 3.03. The Morgan fingerprint density at radius 1 is 1.33 bits per heavy atom. The van der Waals surface area contributed by atoms with E-state index in [-0.39, 0.29) is 5.88 Å². The molecule has 0 atom stereocenters. The Morgan fingerprint density at radius 3 is 2.67 bits per heavy atom. The summed E-state index contributed by atoms with van der Waals surface area (Å²) in [4.78, 5) is 0. The molecule has 0 amide bonds. The standard InChI is InChI=1S/C12H13FN2O3/c1-16-6-7-3-8(9(13)4-11(7)17-2)10-5-12(14)18-15-10/h3-5H,6,14H2,1-2H3. The van der Waals surface area contributed by atoms with Crippen molar-refractivity contribution in [3.05, 3.63) is 29.6 Å². The van der Waals surface area contributed by atoms with Gasteiger partial charge in [-0.05, 0) is 6.07 Å². The van der Waals surface area contributed by atoms with Gasteiger partial charge in [0.1, 0.15) is 17.3 Å². The van der Waals surface area contributed by atoms with E-state index in [2.05, 4.69) is 5.16 Å². The molecule has 1 aromatic heterocycles. The van der Waals surface area contributed by atoms with E-state index in [0.29, 0.717) is 23.6 Å². The van der Waals surface area contributed by atoms with Crippen LogP contribution in [0.15, 0.2) is 22.7 Å². The number of methoxy groups -OCH3 is 2. The molecule has 18 heavy (non-hydrogen) atoms. The van der Waals surface area contributed by atoms with Crippen molar-refractivity contribution in [1.29, 1.82) is 0 Å². The van der Waals surface area contributed by atoms with Crippen LogP contribution in [0.5, 0.6) is 5.75 Å². The van der Waals surface area contributed by atoms with Crippen molar-refractivity contribution in [2.75, 3.05) is 20.0 Å². The van der Waals surface area contributed by atoms with Crippen LogP contribution in [-0.2, 0) is 11.3 Å². The van der Waals surface area contributed by atoms with Crippen LogP contribution >= 0.6 is 0 Å². The van der Waals surface area contributed by atoms with Crippen molar-refractivity contribution in [2.45, 2.75) is 6.61 Å². The minimum absolute atomic E-state index is 0.133. The molecule has 2 aromatic rings. The molecule has 0 radical (unpaired) electrons. The molecule has 6 heteroatoms. The van der Waals surface area contributed by atoms with Gasteiger partial charge in [-0.3, -0.25) is 0 Å². The van der Waals surface area contributed by atoms with E-state index in [1.165, 1.54) is 19.2 Å². The minimum atomic E-state index is -0.458. The summed E-state index contributed by atoms with van der Waals surface area (Å²) >= 11 is 0. The maximum absolute atomic E-state index is 13.9. The highest BCUT2D eigenvalue weighted by atomic mass is 19.1. The van der Waals surface area contributed by atoms with Crippen molar-refractivity contribution in [3.63, 3.8) is 0 Å². The van der Waals surface area contributed by atoms with Gasteiger partial charge in [-0.15, -0.1) is 0 Å². The number of ether oxygens (including phenoxy) is 2. The molecule has 0 aliphatic rings. The second-order valence-electron chi connectivity index (χ2n) is 3.69. The van der Waals surface area contributed by atoms with Crippen molar-refractivity contribution in [3.8, 4) is 17.0 Å². The van der Waals surface area contributed by atoms with Crippen LogP contribution in [0.3, 0.4) is 0 Å². The zero-order valence-electron chi connectivity index (χ0n) is 10.1. The first-order chi connectivity index (χ1) is 8.65. The summed E-state index contributed by atoms with van der Waals surface area (Å²) in [6.45, 7) is 0.309. The molecule has 2 rings (SSSR count). The van der Waals surface area contributed by atoms with Crippen LogP contribution in [-0.4, -0.2) is 19.4 Å². The molecule has 1 heterocycles. The van der Waals surface area contributed by atoms with Crippen LogP contribution in [0.2, 0.25) is 0 Å². The van der Waals surface area contributed by atoms with Gasteiger partial charge in [-0.25, -0.2) is 4.39 Å². The predicted molar refractivity (Wildman–Crippen MR) is 63.6 cm³/mol. The third-order valence-corrected chi connectivity index (χ3v) is 2.47. The zero-order valence-corrected chi connectivity index (χ0v) is 10.1. The number of anilines is 1. The van der Waals surface area contributed by atoms with Crippen LogP contribution in [0, 0.1) is 5.82 Å². The van der Waals surface area contributed by atoms with E-state index in [1.807, 2.05) is 0 Å². The molecule has 0 bridgehead atoms. The van der Waals surface area contributed by atoms with Gasteiger partial charge in [0.05, 0.1) is 13.7 Å². The lowest BCUT2D eigenvalue weighted by Gasteiger charge is -2.10. The lowest BCUT2D eigenvalue weighted by molar-refractivity contribution is 0.181. The quantitative estimate of drug-likeness (QED) is 0.903. The Bertz CT molecular complexity index is 554. The van der Waals surface area contributed by atoms with Gasteiger partial charge in [0.25, 0.3) is 0 Å². The number of nitrogens with zero attached hydrogens (tertiary/aromatic N) is 1. The molecule has 1 aromatic carbocycles. The van der Waals surface area contributed by atoms with Crippen molar-refractivity contribution in [2.24, 2.45) is 0 Å². The van der Waals surface area contributed by atoms with E-state index in [1.54, 1.807) is 13.2 Å². The fourth-order valence-electron chi connectivity index (χ4n) is 1.67. The zero-order chi connectivity index (χ0) is 13.1. The largest absolute Gasteiger partial charge is 0.496 e. The number of aromatic nitrogens is 1. The first-order valence-electron chi connectivity index (χ1n) is 5.23. The SMILES string of the molecule is COCc1cc(-c2cc(N)on2)c(F)cc1OC. The maximum Gasteiger partial charge on any atom is 0.222 e. The van der Waals surface area contributed by atoms with Gasteiger partial charge in [-0.1, -0.05) is 5.16 Å². The molecule has 0 saturated heterocycles. The Labute approximate surface area is 103 Å². The van der Waals surface area contributed by atoms with Crippen molar-refractivity contribution >= 4 is 5.88 Å². The Hall–Kier alpha value is -2.08. The number of hydrogen-bond acceptors (Lipinski definition) is 5.